The zero-order valence-corrected chi connectivity index (χ0v) is 13.9. The number of halogens is 1. The van der Waals surface area contributed by atoms with Crippen molar-refractivity contribution < 1.29 is 9.53 Å². The van der Waals surface area contributed by atoms with Crippen molar-refractivity contribution >= 4 is 34.2 Å². The normalized spacial score (nSPS) is 13.8. The van der Waals surface area contributed by atoms with Gasteiger partial charge in [-0.1, -0.05) is 11.6 Å². The Labute approximate surface area is 144 Å². The van der Waals surface area contributed by atoms with E-state index in [1.165, 1.54) is 18.4 Å². The van der Waals surface area contributed by atoms with Gasteiger partial charge in [-0.25, -0.2) is 9.78 Å². The van der Waals surface area contributed by atoms with E-state index in [9.17, 15) is 4.79 Å². The minimum atomic E-state index is -0.319. The summed E-state index contributed by atoms with van der Waals surface area (Å²) in [5, 5.41) is 1.56. The number of benzene rings is 1. The molecule has 4 rings (SSSR count). The van der Waals surface area contributed by atoms with Gasteiger partial charge < -0.3 is 14.6 Å². The highest BCUT2D eigenvalue weighted by molar-refractivity contribution is 6.29. The second-order valence-electron chi connectivity index (χ2n) is 5.84. The summed E-state index contributed by atoms with van der Waals surface area (Å²) in [6, 6.07) is 9.47. The van der Waals surface area contributed by atoms with E-state index in [2.05, 4.69) is 14.9 Å². The van der Waals surface area contributed by atoms with E-state index in [4.69, 9.17) is 16.3 Å². The third-order valence-electron chi connectivity index (χ3n) is 4.47. The van der Waals surface area contributed by atoms with Crippen molar-refractivity contribution in [3.05, 3.63) is 58.5 Å². The molecule has 6 heteroatoms. The number of anilines is 1. The van der Waals surface area contributed by atoms with Crippen LogP contribution >= 0.6 is 11.6 Å². The van der Waals surface area contributed by atoms with E-state index in [0.29, 0.717) is 10.7 Å². The number of carbonyl (C=O) groups excluding carboxylic acids is 1. The second-order valence-corrected chi connectivity index (χ2v) is 6.23. The third-order valence-corrected chi connectivity index (χ3v) is 4.68. The minimum Gasteiger partial charge on any atom is -0.465 e. The van der Waals surface area contributed by atoms with Crippen molar-refractivity contribution in [1.82, 2.24) is 9.97 Å². The number of carbonyl (C=O) groups is 1. The van der Waals surface area contributed by atoms with Crippen LogP contribution in [-0.2, 0) is 17.7 Å². The molecule has 0 spiro atoms. The Morgan fingerprint density at radius 3 is 3.00 bits per heavy atom. The Morgan fingerprint density at radius 1 is 1.33 bits per heavy atom. The predicted molar refractivity (Wildman–Crippen MR) is 93.6 cm³/mol. The number of nitrogens with zero attached hydrogens (tertiary/aromatic N) is 2. The fraction of sp³-hybridized carbons (Fsp3) is 0.222. The summed E-state index contributed by atoms with van der Waals surface area (Å²) < 4.78 is 4.83. The molecule has 3 aromatic rings. The summed E-state index contributed by atoms with van der Waals surface area (Å²) >= 11 is 6.01. The Hall–Kier alpha value is -2.53. The van der Waals surface area contributed by atoms with Crippen LogP contribution in [0.2, 0.25) is 5.15 Å². The molecular formula is C18H16ClN3O2. The highest BCUT2D eigenvalue weighted by Crippen LogP contribution is 2.31. The number of hydrogen-bond donors (Lipinski definition) is 1. The molecule has 2 aromatic heterocycles. The van der Waals surface area contributed by atoms with Gasteiger partial charge >= 0.3 is 5.97 Å². The maximum atomic E-state index is 11.8. The first-order valence-corrected chi connectivity index (χ1v) is 8.12. The van der Waals surface area contributed by atoms with Crippen LogP contribution in [0.1, 0.15) is 21.6 Å². The van der Waals surface area contributed by atoms with Gasteiger partial charge in [0.15, 0.2) is 0 Å². The van der Waals surface area contributed by atoms with Crippen molar-refractivity contribution in [2.75, 3.05) is 18.6 Å². The molecule has 1 aliphatic heterocycles. The van der Waals surface area contributed by atoms with Gasteiger partial charge in [0.1, 0.15) is 5.15 Å². The smallest absolute Gasteiger partial charge is 0.337 e. The van der Waals surface area contributed by atoms with E-state index in [0.717, 1.165) is 36.1 Å². The van der Waals surface area contributed by atoms with Crippen molar-refractivity contribution in [2.24, 2.45) is 0 Å². The summed E-state index contributed by atoms with van der Waals surface area (Å²) in [5.74, 6) is -0.319. The molecule has 0 fully saturated rings. The average Bonchev–Trinajstić information content (AvgIpc) is 2.98. The second kappa shape index (κ2) is 5.83. The molecule has 0 bridgehead atoms. The SMILES string of the molecule is COC(=O)c1ccc2[nH]c3c(c2c1)CN(c1ccnc(Cl)c1)CC3. The Balaban J connectivity index is 1.75. The van der Waals surface area contributed by atoms with Gasteiger partial charge in [-0.05, 0) is 30.3 Å². The van der Waals surface area contributed by atoms with Crippen molar-refractivity contribution in [1.29, 1.82) is 0 Å². The number of methoxy groups -OCH3 is 1. The number of ether oxygens (including phenoxy) is 1. The summed E-state index contributed by atoms with van der Waals surface area (Å²) in [6.07, 6.45) is 2.63. The van der Waals surface area contributed by atoms with Gasteiger partial charge in [0.2, 0.25) is 0 Å². The maximum absolute atomic E-state index is 11.8. The fourth-order valence-corrected chi connectivity index (χ4v) is 3.44. The molecular weight excluding hydrogens is 326 g/mol. The molecule has 0 saturated carbocycles. The lowest BCUT2D eigenvalue weighted by Gasteiger charge is -2.29. The number of fused-ring (bicyclic) bond motifs is 3. The Kier molecular flexibility index (Phi) is 3.65. The van der Waals surface area contributed by atoms with Crippen LogP contribution in [0.3, 0.4) is 0 Å². The average molecular weight is 342 g/mol. The lowest BCUT2D eigenvalue weighted by molar-refractivity contribution is 0.0601. The van der Waals surface area contributed by atoms with Crippen molar-refractivity contribution in [3.8, 4) is 0 Å². The number of aromatic amines is 1. The van der Waals surface area contributed by atoms with Gasteiger partial charge in [-0.15, -0.1) is 0 Å². The van der Waals surface area contributed by atoms with E-state index in [-0.39, 0.29) is 5.97 Å². The molecule has 122 valence electrons. The Bertz CT molecular complexity index is 935. The quantitative estimate of drug-likeness (QED) is 0.572. The lowest BCUT2D eigenvalue weighted by atomic mass is 10.0. The van der Waals surface area contributed by atoms with E-state index < -0.39 is 0 Å². The molecule has 0 atom stereocenters. The molecule has 0 unspecified atom stereocenters. The molecule has 0 saturated heterocycles. The van der Waals surface area contributed by atoms with E-state index in [1.54, 1.807) is 12.3 Å². The van der Waals surface area contributed by atoms with Crippen LogP contribution in [0, 0.1) is 0 Å². The van der Waals surface area contributed by atoms with Crippen LogP contribution in [0.4, 0.5) is 5.69 Å². The Morgan fingerprint density at radius 2 is 2.21 bits per heavy atom. The lowest BCUT2D eigenvalue weighted by Crippen LogP contribution is -2.30. The van der Waals surface area contributed by atoms with Crippen LogP contribution < -0.4 is 4.90 Å². The number of nitrogens with one attached hydrogen (secondary N) is 1. The van der Waals surface area contributed by atoms with Crippen LogP contribution in [0.5, 0.6) is 0 Å². The fourth-order valence-electron chi connectivity index (χ4n) is 3.27. The molecule has 24 heavy (non-hydrogen) atoms. The molecule has 1 aliphatic rings. The number of pyridine rings is 1. The van der Waals surface area contributed by atoms with Gasteiger partial charge in [0.05, 0.1) is 12.7 Å². The topological polar surface area (TPSA) is 58.2 Å². The predicted octanol–water partition coefficient (Wildman–Crippen LogP) is 3.57. The summed E-state index contributed by atoms with van der Waals surface area (Å²) in [5.41, 5.74) is 5.11. The highest BCUT2D eigenvalue weighted by Gasteiger charge is 2.22. The van der Waals surface area contributed by atoms with Crippen LogP contribution in [0.15, 0.2) is 36.5 Å². The summed E-state index contributed by atoms with van der Waals surface area (Å²) in [6.45, 7) is 1.67. The number of rotatable bonds is 2. The third kappa shape index (κ3) is 2.51. The first-order chi connectivity index (χ1) is 11.7. The van der Waals surface area contributed by atoms with Gasteiger partial charge in [-0.2, -0.15) is 0 Å². The van der Waals surface area contributed by atoms with Crippen molar-refractivity contribution in [2.45, 2.75) is 13.0 Å². The minimum absolute atomic E-state index is 0.319. The van der Waals surface area contributed by atoms with Gasteiger partial charge in [-0.3, -0.25) is 0 Å². The molecule has 1 aromatic carbocycles. The summed E-state index contributed by atoms with van der Waals surface area (Å²) in [7, 11) is 1.40. The highest BCUT2D eigenvalue weighted by atomic mass is 35.5. The molecule has 0 amide bonds. The standard InChI is InChI=1S/C18H16ClN3O2/c1-24-18(23)11-2-3-15-13(8-11)14-10-22(7-5-16(14)21-15)12-4-6-20-17(19)9-12/h2-4,6,8-9,21H,5,7,10H2,1H3. The first-order valence-electron chi connectivity index (χ1n) is 7.74. The van der Waals surface area contributed by atoms with Gasteiger partial charge in [0.25, 0.3) is 0 Å². The number of esters is 1. The zero-order chi connectivity index (χ0) is 16.7. The molecule has 0 radical (unpaired) electrons. The number of hydrogen-bond acceptors (Lipinski definition) is 4. The van der Waals surface area contributed by atoms with Gasteiger partial charge in [0, 0.05) is 53.6 Å². The van der Waals surface area contributed by atoms with E-state index >= 15 is 0 Å². The van der Waals surface area contributed by atoms with Crippen molar-refractivity contribution in [3.63, 3.8) is 0 Å². The number of aromatic nitrogens is 2. The largest absolute Gasteiger partial charge is 0.465 e. The first kappa shape index (κ1) is 15.0. The van der Waals surface area contributed by atoms with E-state index in [1.807, 2.05) is 24.3 Å². The number of H-pyrrole nitrogens is 1. The molecule has 1 N–H and O–H groups in total. The summed E-state index contributed by atoms with van der Waals surface area (Å²) in [4.78, 5) is 21.6. The van der Waals surface area contributed by atoms with Crippen LogP contribution in [0.25, 0.3) is 10.9 Å². The molecule has 5 nitrogen and oxygen atoms in total. The molecule has 0 aliphatic carbocycles. The monoisotopic (exact) mass is 341 g/mol. The molecule has 3 heterocycles. The van der Waals surface area contributed by atoms with Crippen LogP contribution in [-0.4, -0.2) is 29.6 Å². The maximum Gasteiger partial charge on any atom is 0.337 e. The zero-order valence-electron chi connectivity index (χ0n) is 13.2.